The third kappa shape index (κ3) is 6.54. The molecule has 1 aromatic heterocycles. The molecular formula is C33H33FN4O3. The van der Waals surface area contributed by atoms with E-state index in [-0.39, 0.29) is 30.7 Å². The van der Waals surface area contributed by atoms with Gasteiger partial charge in [0, 0.05) is 32.2 Å². The molecule has 0 bridgehead atoms. The quantitative estimate of drug-likeness (QED) is 0.268. The van der Waals surface area contributed by atoms with Crippen LogP contribution in [0.5, 0.6) is 0 Å². The lowest BCUT2D eigenvalue weighted by Gasteiger charge is -2.39. The van der Waals surface area contributed by atoms with Crippen molar-refractivity contribution in [1.29, 1.82) is 0 Å². The maximum atomic E-state index is 13.4. The molecule has 0 spiro atoms. The summed E-state index contributed by atoms with van der Waals surface area (Å²) < 4.78 is 18.9. The number of nitrogens with zero attached hydrogens (tertiary/aromatic N) is 3. The van der Waals surface area contributed by atoms with E-state index < -0.39 is 5.82 Å². The number of pyridine rings is 1. The molecule has 0 unspecified atom stereocenters. The predicted octanol–water partition coefficient (Wildman–Crippen LogP) is 6.95. The SMILES string of the molecule is CC(=O)N1c2ccc(-c3ccc(CN(C)C(=O)OCc4ccccc4)cc3)cc2[C@H](Nc2ccc(F)cn2)C[C@@H]1C. The zero-order valence-corrected chi connectivity index (χ0v) is 23.4. The molecule has 0 radical (unpaired) electrons. The smallest absolute Gasteiger partial charge is 0.410 e. The molecular weight excluding hydrogens is 519 g/mol. The monoisotopic (exact) mass is 552 g/mol. The lowest BCUT2D eigenvalue weighted by molar-refractivity contribution is -0.117. The molecule has 210 valence electrons. The number of hydrogen-bond donors (Lipinski definition) is 1. The molecule has 0 fully saturated rings. The van der Waals surface area contributed by atoms with E-state index in [0.717, 1.165) is 33.5 Å². The minimum Gasteiger partial charge on any atom is -0.445 e. The molecule has 41 heavy (non-hydrogen) atoms. The van der Waals surface area contributed by atoms with E-state index in [0.29, 0.717) is 18.8 Å². The Morgan fingerprint density at radius 2 is 1.73 bits per heavy atom. The van der Waals surface area contributed by atoms with Crippen LogP contribution in [0.4, 0.5) is 20.7 Å². The first-order valence-electron chi connectivity index (χ1n) is 13.6. The molecule has 1 aliphatic rings. The van der Waals surface area contributed by atoms with Gasteiger partial charge in [-0.25, -0.2) is 14.2 Å². The van der Waals surface area contributed by atoms with E-state index in [1.807, 2.05) is 78.6 Å². The fourth-order valence-corrected chi connectivity index (χ4v) is 5.27. The van der Waals surface area contributed by atoms with Crippen LogP contribution in [0.1, 0.15) is 43.0 Å². The number of benzene rings is 3. The summed E-state index contributed by atoms with van der Waals surface area (Å²) in [5, 5.41) is 3.43. The van der Waals surface area contributed by atoms with Gasteiger partial charge in [-0.1, -0.05) is 60.7 Å². The van der Waals surface area contributed by atoms with Crippen LogP contribution < -0.4 is 10.2 Å². The number of anilines is 2. The second-order valence-corrected chi connectivity index (χ2v) is 10.4. The van der Waals surface area contributed by atoms with Gasteiger partial charge in [0.05, 0.1) is 12.2 Å². The van der Waals surface area contributed by atoms with Crippen LogP contribution in [0.3, 0.4) is 0 Å². The fraction of sp³-hybridized carbons (Fsp3) is 0.242. The zero-order chi connectivity index (χ0) is 28.9. The molecule has 4 aromatic rings. The van der Waals surface area contributed by atoms with Crippen LogP contribution in [-0.2, 0) is 22.7 Å². The first kappa shape index (κ1) is 27.8. The van der Waals surface area contributed by atoms with Crippen molar-refractivity contribution in [2.75, 3.05) is 17.3 Å². The number of rotatable bonds is 7. The molecule has 3 aromatic carbocycles. The van der Waals surface area contributed by atoms with Gasteiger partial charge in [-0.3, -0.25) is 4.79 Å². The average Bonchev–Trinajstić information content (AvgIpc) is 2.97. The highest BCUT2D eigenvalue weighted by atomic mass is 19.1. The molecule has 1 aliphatic heterocycles. The summed E-state index contributed by atoms with van der Waals surface area (Å²) >= 11 is 0. The second kappa shape index (κ2) is 12.2. The maximum absolute atomic E-state index is 13.4. The van der Waals surface area contributed by atoms with Gasteiger partial charge in [-0.2, -0.15) is 0 Å². The Bertz CT molecular complexity index is 1510. The molecule has 0 saturated heterocycles. The van der Waals surface area contributed by atoms with Crippen molar-refractivity contribution in [3.63, 3.8) is 0 Å². The number of fused-ring (bicyclic) bond motifs is 1. The molecule has 5 rings (SSSR count). The highest BCUT2D eigenvalue weighted by Gasteiger charge is 2.32. The zero-order valence-electron chi connectivity index (χ0n) is 23.4. The number of carbonyl (C=O) groups excluding carboxylic acids is 2. The summed E-state index contributed by atoms with van der Waals surface area (Å²) in [5.74, 6) is 0.171. The van der Waals surface area contributed by atoms with Gasteiger partial charge >= 0.3 is 6.09 Å². The topological polar surface area (TPSA) is 74.8 Å². The summed E-state index contributed by atoms with van der Waals surface area (Å²) in [6, 6.07) is 26.6. The first-order chi connectivity index (χ1) is 19.8. The van der Waals surface area contributed by atoms with Gasteiger partial charge in [-0.05, 0) is 65.4 Å². The Balaban J connectivity index is 1.32. The Kier molecular flexibility index (Phi) is 8.29. The fourth-order valence-electron chi connectivity index (χ4n) is 5.27. The third-order valence-electron chi connectivity index (χ3n) is 7.29. The van der Waals surface area contributed by atoms with E-state index in [2.05, 4.69) is 16.4 Å². The Morgan fingerprint density at radius 3 is 2.41 bits per heavy atom. The summed E-state index contributed by atoms with van der Waals surface area (Å²) in [7, 11) is 1.72. The molecule has 2 heterocycles. The van der Waals surface area contributed by atoms with E-state index in [1.54, 1.807) is 24.9 Å². The summed E-state index contributed by atoms with van der Waals surface area (Å²) in [6.07, 6.45) is 1.49. The third-order valence-corrected chi connectivity index (χ3v) is 7.29. The van der Waals surface area contributed by atoms with Crippen LogP contribution in [-0.4, -0.2) is 35.0 Å². The lowest BCUT2D eigenvalue weighted by Crippen LogP contribution is -2.43. The van der Waals surface area contributed by atoms with Crippen molar-refractivity contribution in [2.45, 2.75) is 45.5 Å². The molecule has 0 saturated carbocycles. The summed E-state index contributed by atoms with van der Waals surface area (Å²) in [6.45, 7) is 4.25. The molecule has 2 amide bonds. The van der Waals surface area contributed by atoms with Crippen LogP contribution in [0.15, 0.2) is 91.1 Å². The first-order valence-corrected chi connectivity index (χ1v) is 13.6. The Labute approximate surface area is 239 Å². The van der Waals surface area contributed by atoms with Gasteiger partial charge in [0.15, 0.2) is 0 Å². The molecule has 1 N–H and O–H groups in total. The second-order valence-electron chi connectivity index (χ2n) is 10.4. The summed E-state index contributed by atoms with van der Waals surface area (Å²) in [4.78, 5) is 32.5. The van der Waals surface area contributed by atoms with Crippen molar-refractivity contribution in [3.8, 4) is 11.1 Å². The Morgan fingerprint density at radius 1 is 1.00 bits per heavy atom. The van der Waals surface area contributed by atoms with E-state index in [1.165, 1.54) is 12.3 Å². The van der Waals surface area contributed by atoms with Crippen molar-refractivity contribution in [2.24, 2.45) is 0 Å². The number of amides is 2. The lowest BCUT2D eigenvalue weighted by atomic mass is 9.89. The van der Waals surface area contributed by atoms with Gasteiger partial charge < -0.3 is 19.9 Å². The molecule has 2 atom stereocenters. The summed E-state index contributed by atoms with van der Waals surface area (Å²) in [5.41, 5.74) is 5.76. The molecule has 0 aliphatic carbocycles. The number of carbonyl (C=O) groups is 2. The highest BCUT2D eigenvalue weighted by molar-refractivity contribution is 5.94. The predicted molar refractivity (Wildman–Crippen MR) is 158 cm³/mol. The van der Waals surface area contributed by atoms with Gasteiger partial charge in [0.1, 0.15) is 18.2 Å². The van der Waals surface area contributed by atoms with Gasteiger partial charge in [0.25, 0.3) is 0 Å². The Hall–Kier alpha value is -4.72. The van der Waals surface area contributed by atoms with Crippen molar-refractivity contribution in [3.05, 3.63) is 114 Å². The number of hydrogen-bond acceptors (Lipinski definition) is 5. The number of halogens is 1. The molecule has 7 nitrogen and oxygen atoms in total. The van der Waals surface area contributed by atoms with Crippen LogP contribution >= 0.6 is 0 Å². The van der Waals surface area contributed by atoms with Gasteiger partial charge in [-0.15, -0.1) is 0 Å². The molecule has 8 heteroatoms. The largest absolute Gasteiger partial charge is 0.445 e. The minimum absolute atomic E-state index is 0.0133. The number of aromatic nitrogens is 1. The standard InChI is InChI=1S/C33H33FN4O3/c1-22-17-30(36-32-16-14-28(34)19-35-32)29-18-27(13-15-31(29)38(22)23(2)39)26-11-9-24(10-12-26)20-37(3)33(40)41-21-25-7-5-4-6-8-25/h4-16,18-19,22,30H,17,20-21H2,1-3H3,(H,35,36)/t22-,30+/m0/s1. The highest BCUT2D eigenvalue weighted by Crippen LogP contribution is 2.41. The van der Waals surface area contributed by atoms with Gasteiger partial charge in [0.2, 0.25) is 5.91 Å². The van der Waals surface area contributed by atoms with E-state index in [4.69, 9.17) is 4.74 Å². The minimum atomic E-state index is -0.392. The van der Waals surface area contributed by atoms with Crippen LogP contribution in [0.2, 0.25) is 0 Å². The number of ether oxygens (including phenoxy) is 1. The van der Waals surface area contributed by atoms with E-state index in [9.17, 15) is 14.0 Å². The number of nitrogens with one attached hydrogen (secondary N) is 1. The van der Waals surface area contributed by atoms with Crippen molar-refractivity contribution >= 4 is 23.5 Å². The maximum Gasteiger partial charge on any atom is 0.410 e. The average molecular weight is 553 g/mol. The van der Waals surface area contributed by atoms with E-state index >= 15 is 0 Å². The van der Waals surface area contributed by atoms with Crippen molar-refractivity contribution < 1.29 is 18.7 Å². The van der Waals surface area contributed by atoms with Crippen molar-refractivity contribution in [1.82, 2.24) is 9.88 Å². The van der Waals surface area contributed by atoms with Crippen LogP contribution in [0, 0.1) is 5.82 Å². The normalized spacial score (nSPS) is 16.0. The van der Waals surface area contributed by atoms with Crippen LogP contribution in [0.25, 0.3) is 11.1 Å².